The highest BCUT2D eigenvalue weighted by molar-refractivity contribution is 9.10. The third kappa shape index (κ3) is 3.89. The lowest BCUT2D eigenvalue weighted by Gasteiger charge is -1.97. The van der Waals surface area contributed by atoms with E-state index in [-0.39, 0.29) is 12.4 Å². The zero-order valence-corrected chi connectivity index (χ0v) is 12.4. The topological polar surface area (TPSA) is 52.1 Å². The van der Waals surface area contributed by atoms with Gasteiger partial charge in [-0.1, -0.05) is 0 Å². The summed E-state index contributed by atoms with van der Waals surface area (Å²) < 4.78 is 6.74. The number of rotatable bonds is 3. The van der Waals surface area contributed by atoms with E-state index in [0.29, 0.717) is 12.3 Å². The second-order valence-corrected chi connectivity index (χ2v) is 5.10. The normalized spacial score (nSPS) is 9.67. The highest BCUT2D eigenvalue weighted by Gasteiger charge is 2.10. The van der Waals surface area contributed by atoms with Gasteiger partial charge in [-0.05, 0) is 28.9 Å². The van der Waals surface area contributed by atoms with Crippen molar-refractivity contribution in [1.29, 1.82) is 0 Å². The molecule has 96 valence electrons. The predicted octanol–water partition coefficient (Wildman–Crippen LogP) is 3.36. The van der Waals surface area contributed by atoms with Crippen LogP contribution in [0.2, 0.25) is 0 Å². The highest BCUT2D eigenvalue weighted by Crippen LogP contribution is 2.23. The molecule has 6 heteroatoms. The predicted molar refractivity (Wildman–Crippen MR) is 76.7 cm³/mol. The molecule has 2 heterocycles. The second kappa shape index (κ2) is 7.23. The number of pyridine rings is 1. The van der Waals surface area contributed by atoms with E-state index in [1.165, 1.54) is 11.3 Å². The van der Waals surface area contributed by atoms with Crippen LogP contribution in [-0.2, 0) is 16.0 Å². The molecule has 0 aliphatic heterocycles. The number of halogens is 1. The first-order valence-corrected chi connectivity index (χ1v) is 6.86. The Balaban J connectivity index is 0.000000771. The third-order valence-corrected chi connectivity index (χ3v) is 3.28. The Morgan fingerprint density at radius 3 is 2.94 bits per heavy atom. The Morgan fingerprint density at radius 2 is 2.28 bits per heavy atom. The van der Waals surface area contributed by atoms with E-state index in [1.54, 1.807) is 13.1 Å². The summed E-state index contributed by atoms with van der Waals surface area (Å²) in [4.78, 5) is 19.7. The Labute approximate surface area is 118 Å². The van der Waals surface area contributed by atoms with Gasteiger partial charge in [-0.2, -0.15) is 0 Å². The SMILES string of the molecule is C=C.CCOC(=O)Cc1nc2ncc(Br)cc2s1. The molecule has 0 aliphatic carbocycles. The van der Waals surface area contributed by atoms with Crippen LogP contribution >= 0.6 is 27.3 Å². The molecular weight excluding hydrogens is 316 g/mol. The van der Waals surface area contributed by atoms with Crippen LogP contribution in [0.3, 0.4) is 0 Å². The Hall–Kier alpha value is -1.27. The molecule has 0 N–H and O–H groups in total. The largest absolute Gasteiger partial charge is 0.466 e. The van der Waals surface area contributed by atoms with Crippen LogP contribution in [0.15, 0.2) is 29.9 Å². The number of ether oxygens (including phenoxy) is 1. The van der Waals surface area contributed by atoms with Crippen molar-refractivity contribution in [3.05, 3.63) is 34.9 Å². The lowest BCUT2D eigenvalue weighted by atomic mass is 10.4. The summed E-state index contributed by atoms with van der Waals surface area (Å²) >= 11 is 4.80. The molecule has 2 rings (SSSR count). The summed E-state index contributed by atoms with van der Waals surface area (Å²) in [6.45, 7) is 8.18. The molecule has 0 atom stereocenters. The van der Waals surface area contributed by atoms with Crippen LogP contribution in [0.1, 0.15) is 11.9 Å². The molecule has 0 aromatic carbocycles. The van der Waals surface area contributed by atoms with Crippen molar-refractivity contribution in [1.82, 2.24) is 9.97 Å². The molecular formula is C12H13BrN2O2S. The summed E-state index contributed by atoms with van der Waals surface area (Å²) in [5.74, 6) is -0.249. The maximum Gasteiger partial charge on any atom is 0.312 e. The first-order chi connectivity index (χ1) is 8.69. The van der Waals surface area contributed by atoms with Gasteiger partial charge in [0.2, 0.25) is 0 Å². The van der Waals surface area contributed by atoms with Gasteiger partial charge in [0.25, 0.3) is 0 Å². The Kier molecular flexibility index (Phi) is 5.94. The van der Waals surface area contributed by atoms with Crippen molar-refractivity contribution in [3.8, 4) is 0 Å². The Morgan fingerprint density at radius 1 is 1.56 bits per heavy atom. The third-order valence-electron chi connectivity index (χ3n) is 1.86. The van der Waals surface area contributed by atoms with Crippen molar-refractivity contribution in [3.63, 3.8) is 0 Å². The summed E-state index contributed by atoms with van der Waals surface area (Å²) in [5, 5.41) is 0.735. The van der Waals surface area contributed by atoms with Crippen LogP contribution in [0, 0.1) is 0 Å². The van der Waals surface area contributed by atoms with E-state index >= 15 is 0 Å². The molecule has 4 nitrogen and oxygen atoms in total. The highest BCUT2D eigenvalue weighted by atomic mass is 79.9. The van der Waals surface area contributed by atoms with E-state index in [2.05, 4.69) is 39.1 Å². The van der Waals surface area contributed by atoms with Crippen LogP contribution in [0.4, 0.5) is 0 Å². The molecule has 0 bridgehead atoms. The van der Waals surface area contributed by atoms with Gasteiger partial charge in [-0.25, -0.2) is 9.97 Å². The van der Waals surface area contributed by atoms with Gasteiger partial charge < -0.3 is 4.74 Å². The second-order valence-electron chi connectivity index (χ2n) is 3.06. The zero-order chi connectivity index (χ0) is 13.5. The number of esters is 1. The molecule has 0 fully saturated rings. The molecule has 0 saturated heterocycles. The molecule has 0 aliphatic rings. The van der Waals surface area contributed by atoms with Crippen molar-refractivity contribution in [2.24, 2.45) is 0 Å². The average Bonchev–Trinajstić information content (AvgIpc) is 2.73. The molecule has 2 aromatic rings. The number of nitrogens with zero attached hydrogens (tertiary/aromatic N) is 2. The van der Waals surface area contributed by atoms with Gasteiger partial charge in [-0.15, -0.1) is 24.5 Å². The van der Waals surface area contributed by atoms with E-state index in [4.69, 9.17) is 4.74 Å². The molecule has 18 heavy (non-hydrogen) atoms. The van der Waals surface area contributed by atoms with Crippen molar-refractivity contribution < 1.29 is 9.53 Å². The Bertz CT molecular complexity index is 542. The fourth-order valence-corrected chi connectivity index (χ4v) is 2.69. The van der Waals surface area contributed by atoms with Gasteiger partial charge in [0, 0.05) is 10.7 Å². The lowest BCUT2D eigenvalue weighted by molar-refractivity contribution is -0.142. The van der Waals surface area contributed by atoms with Crippen molar-refractivity contribution in [2.45, 2.75) is 13.3 Å². The maximum absolute atomic E-state index is 11.3. The van der Waals surface area contributed by atoms with Gasteiger partial charge in [-0.3, -0.25) is 4.79 Å². The van der Waals surface area contributed by atoms with Crippen LogP contribution < -0.4 is 0 Å². The minimum atomic E-state index is -0.249. The van der Waals surface area contributed by atoms with Gasteiger partial charge in [0.15, 0.2) is 5.65 Å². The number of carbonyl (C=O) groups is 1. The molecule has 0 saturated carbocycles. The molecule has 2 aromatic heterocycles. The lowest BCUT2D eigenvalue weighted by Crippen LogP contribution is -2.06. The molecule has 0 unspecified atom stereocenters. The first-order valence-electron chi connectivity index (χ1n) is 5.25. The van der Waals surface area contributed by atoms with Crippen LogP contribution in [0.25, 0.3) is 10.3 Å². The number of thiazole rings is 1. The molecule has 0 spiro atoms. The summed E-state index contributed by atoms with van der Waals surface area (Å²) in [6.07, 6.45) is 1.91. The fourth-order valence-electron chi connectivity index (χ4n) is 1.25. The van der Waals surface area contributed by atoms with Crippen molar-refractivity contribution >= 4 is 43.6 Å². The standard InChI is InChI=1S/C10H9BrN2O2S.C2H4/c1-2-15-9(14)4-8-13-10-7(16-8)3-6(11)5-12-10;1-2/h3,5H,2,4H2,1H3;1-2H2. The van der Waals surface area contributed by atoms with E-state index in [0.717, 1.165) is 14.2 Å². The number of carbonyl (C=O) groups excluding carboxylic acids is 1. The summed E-state index contributed by atoms with van der Waals surface area (Å²) in [6, 6.07) is 1.94. The average molecular weight is 329 g/mol. The summed E-state index contributed by atoms with van der Waals surface area (Å²) in [7, 11) is 0. The molecule has 0 amide bonds. The van der Waals surface area contributed by atoms with Crippen LogP contribution in [-0.4, -0.2) is 22.5 Å². The number of hydrogen-bond acceptors (Lipinski definition) is 5. The minimum Gasteiger partial charge on any atom is -0.466 e. The number of fused-ring (bicyclic) bond motifs is 1. The van der Waals surface area contributed by atoms with Gasteiger partial charge in [0.1, 0.15) is 5.01 Å². The smallest absolute Gasteiger partial charge is 0.312 e. The summed E-state index contributed by atoms with van der Waals surface area (Å²) in [5.41, 5.74) is 0.674. The first kappa shape index (κ1) is 14.8. The van der Waals surface area contributed by atoms with Gasteiger partial charge >= 0.3 is 5.97 Å². The molecule has 0 radical (unpaired) electrons. The van der Waals surface area contributed by atoms with E-state index in [9.17, 15) is 4.79 Å². The van der Waals surface area contributed by atoms with E-state index < -0.39 is 0 Å². The number of aromatic nitrogens is 2. The monoisotopic (exact) mass is 328 g/mol. The van der Waals surface area contributed by atoms with Crippen LogP contribution in [0.5, 0.6) is 0 Å². The quantitative estimate of drug-likeness (QED) is 0.640. The van der Waals surface area contributed by atoms with Crippen molar-refractivity contribution in [2.75, 3.05) is 6.61 Å². The zero-order valence-electron chi connectivity index (χ0n) is 9.98. The fraction of sp³-hybridized carbons (Fsp3) is 0.250. The minimum absolute atomic E-state index is 0.215. The maximum atomic E-state index is 11.3. The van der Waals surface area contributed by atoms with Gasteiger partial charge in [0.05, 0.1) is 17.7 Å². The number of hydrogen-bond donors (Lipinski definition) is 0. The van der Waals surface area contributed by atoms with E-state index in [1.807, 2.05) is 6.07 Å².